The first-order chi connectivity index (χ1) is 10.2. The third-order valence-corrected chi connectivity index (χ3v) is 3.86. The standard InChI is InChI=1S/C19H16O2/c1-13(19(20)21)10-11-18-16-8-4-2-6-14(16)12-15-7-3-5-9-17(15)18/h2-9,12H,1,10-11H2,(H,20,21). The summed E-state index contributed by atoms with van der Waals surface area (Å²) < 4.78 is 0. The summed E-state index contributed by atoms with van der Waals surface area (Å²) in [5.41, 5.74) is 1.46. The molecular weight excluding hydrogens is 260 g/mol. The first-order valence-electron chi connectivity index (χ1n) is 6.97. The molecule has 3 aromatic carbocycles. The van der Waals surface area contributed by atoms with E-state index in [0.717, 1.165) is 0 Å². The van der Waals surface area contributed by atoms with E-state index < -0.39 is 5.97 Å². The molecule has 3 rings (SSSR count). The Bertz CT molecular complexity index is 792. The van der Waals surface area contributed by atoms with Crippen LogP contribution in [0.15, 0.2) is 66.7 Å². The molecule has 0 amide bonds. The summed E-state index contributed by atoms with van der Waals surface area (Å²) in [7, 11) is 0. The number of carbonyl (C=O) groups is 1. The number of aryl methyl sites for hydroxylation is 1. The molecule has 0 radical (unpaired) electrons. The number of rotatable bonds is 4. The average Bonchev–Trinajstić information content (AvgIpc) is 2.51. The summed E-state index contributed by atoms with van der Waals surface area (Å²) >= 11 is 0. The van der Waals surface area contributed by atoms with Gasteiger partial charge in [-0.1, -0.05) is 55.1 Å². The molecule has 0 bridgehead atoms. The second-order valence-electron chi connectivity index (χ2n) is 5.21. The average molecular weight is 276 g/mol. The molecule has 104 valence electrons. The summed E-state index contributed by atoms with van der Waals surface area (Å²) in [6.45, 7) is 3.63. The third kappa shape index (κ3) is 2.52. The zero-order valence-corrected chi connectivity index (χ0v) is 11.7. The van der Waals surface area contributed by atoms with Crippen LogP contribution >= 0.6 is 0 Å². The number of aliphatic carboxylic acids is 1. The highest BCUT2D eigenvalue weighted by Crippen LogP contribution is 2.29. The van der Waals surface area contributed by atoms with Crippen molar-refractivity contribution < 1.29 is 9.90 Å². The van der Waals surface area contributed by atoms with Gasteiger partial charge in [-0.25, -0.2) is 4.79 Å². The van der Waals surface area contributed by atoms with Crippen molar-refractivity contribution in [3.63, 3.8) is 0 Å². The minimum absolute atomic E-state index is 0.256. The number of benzene rings is 3. The minimum Gasteiger partial charge on any atom is -0.478 e. The molecule has 3 aromatic rings. The van der Waals surface area contributed by atoms with Crippen LogP contribution in [0.1, 0.15) is 12.0 Å². The van der Waals surface area contributed by atoms with Gasteiger partial charge in [0.1, 0.15) is 0 Å². The van der Waals surface area contributed by atoms with Crippen molar-refractivity contribution in [2.45, 2.75) is 12.8 Å². The van der Waals surface area contributed by atoms with Crippen LogP contribution in [0.4, 0.5) is 0 Å². The highest BCUT2D eigenvalue weighted by atomic mass is 16.4. The number of carboxylic acid groups (broad SMARTS) is 1. The molecule has 0 heterocycles. The van der Waals surface area contributed by atoms with E-state index in [0.29, 0.717) is 12.8 Å². The predicted molar refractivity (Wildman–Crippen MR) is 86.6 cm³/mol. The predicted octanol–water partition coefficient (Wildman–Crippen LogP) is 4.57. The fraction of sp³-hybridized carbons (Fsp3) is 0.105. The Kier molecular flexibility index (Phi) is 3.44. The van der Waals surface area contributed by atoms with Gasteiger partial charge >= 0.3 is 5.97 Å². The quantitative estimate of drug-likeness (QED) is 0.560. The Balaban J connectivity index is 2.16. The lowest BCUT2D eigenvalue weighted by Gasteiger charge is -2.11. The second-order valence-corrected chi connectivity index (χ2v) is 5.21. The SMILES string of the molecule is C=C(CCc1c2ccccc2cc2ccccc12)C(=O)O. The van der Waals surface area contributed by atoms with Gasteiger partial charge in [0, 0.05) is 5.57 Å². The molecule has 0 spiro atoms. The van der Waals surface area contributed by atoms with Crippen molar-refractivity contribution in [2.75, 3.05) is 0 Å². The Labute approximate surface area is 123 Å². The lowest BCUT2D eigenvalue weighted by Crippen LogP contribution is -2.01. The molecule has 0 aliphatic heterocycles. The Hall–Kier alpha value is -2.61. The van der Waals surface area contributed by atoms with Gasteiger partial charge in [0.2, 0.25) is 0 Å². The fourth-order valence-electron chi connectivity index (χ4n) is 2.76. The maximum atomic E-state index is 10.9. The molecular formula is C19H16O2. The van der Waals surface area contributed by atoms with Crippen LogP contribution < -0.4 is 0 Å². The van der Waals surface area contributed by atoms with Crippen LogP contribution in [0.5, 0.6) is 0 Å². The summed E-state index contributed by atoms with van der Waals surface area (Å²) in [6.07, 6.45) is 1.15. The van der Waals surface area contributed by atoms with E-state index in [-0.39, 0.29) is 5.57 Å². The van der Waals surface area contributed by atoms with E-state index in [1.54, 1.807) is 0 Å². The van der Waals surface area contributed by atoms with Crippen LogP contribution in [0.3, 0.4) is 0 Å². The van der Waals surface area contributed by atoms with Gasteiger partial charge in [0.05, 0.1) is 0 Å². The van der Waals surface area contributed by atoms with E-state index in [9.17, 15) is 4.79 Å². The second kappa shape index (κ2) is 5.41. The monoisotopic (exact) mass is 276 g/mol. The number of hydrogen-bond donors (Lipinski definition) is 1. The maximum Gasteiger partial charge on any atom is 0.330 e. The van der Waals surface area contributed by atoms with Crippen molar-refractivity contribution >= 4 is 27.5 Å². The molecule has 0 saturated carbocycles. The van der Waals surface area contributed by atoms with Crippen molar-refractivity contribution in [3.05, 3.63) is 72.3 Å². The molecule has 0 aliphatic carbocycles. The summed E-state index contributed by atoms with van der Waals surface area (Å²) in [6, 6.07) is 18.7. The zero-order valence-electron chi connectivity index (χ0n) is 11.7. The van der Waals surface area contributed by atoms with Gasteiger partial charge < -0.3 is 5.11 Å². The van der Waals surface area contributed by atoms with Gasteiger partial charge in [0.15, 0.2) is 0 Å². The maximum absolute atomic E-state index is 10.9. The van der Waals surface area contributed by atoms with Gasteiger partial charge in [-0.3, -0.25) is 0 Å². The largest absolute Gasteiger partial charge is 0.478 e. The van der Waals surface area contributed by atoms with Crippen LogP contribution in [0.2, 0.25) is 0 Å². The van der Waals surface area contributed by atoms with E-state index in [2.05, 4.69) is 36.9 Å². The van der Waals surface area contributed by atoms with Crippen LogP contribution in [0.25, 0.3) is 21.5 Å². The van der Waals surface area contributed by atoms with E-state index in [1.165, 1.54) is 27.1 Å². The van der Waals surface area contributed by atoms with Gasteiger partial charge in [-0.2, -0.15) is 0 Å². The van der Waals surface area contributed by atoms with Crippen molar-refractivity contribution in [3.8, 4) is 0 Å². The van der Waals surface area contributed by atoms with Crippen LogP contribution in [0, 0.1) is 0 Å². The third-order valence-electron chi connectivity index (χ3n) is 3.86. The molecule has 0 unspecified atom stereocenters. The lowest BCUT2D eigenvalue weighted by molar-refractivity contribution is -0.132. The normalized spacial score (nSPS) is 10.9. The number of carboxylic acids is 1. The Morgan fingerprint density at radius 1 is 0.952 bits per heavy atom. The molecule has 0 aromatic heterocycles. The molecule has 0 saturated heterocycles. The van der Waals surface area contributed by atoms with Crippen molar-refractivity contribution in [1.29, 1.82) is 0 Å². The first kappa shape index (κ1) is 13.4. The van der Waals surface area contributed by atoms with Crippen LogP contribution in [-0.4, -0.2) is 11.1 Å². The summed E-state index contributed by atoms with van der Waals surface area (Å²) in [4.78, 5) is 10.9. The van der Waals surface area contributed by atoms with Crippen LogP contribution in [-0.2, 0) is 11.2 Å². The van der Waals surface area contributed by atoms with Gasteiger partial charge in [0.25, 0.3) is 0 Å². The lowest BCUT2D eigenvalue weighted by atomic mass is 9.93. The molecule has 0 fully saturated rings. The van der Waals surface area contributed by atoms with E-state index in [4.69, 9.17) is 5.11 Å². The summed E-state index contributed by atoms with van der Waals surface area (Å²) in [5, 5.41) is 13.7. The smallest absolute Gasteiger partial charge is 0.330 e. The topological polar surface area (TPSA) is 37.3 Å². The molecule has 0 aliphatic rings. The fourth-order valence-corrected chi connectivity index (χ4v) is 2.76. The summed E-state index contributed by atoms with van der Waals surface area (Å²) in [5.74, 6) is -0.917. The zero-order chi connectivity index (χ0) is 14.8. The molecule has 0 atom stereocenters. The Morgan fingerprint density at radius 3 is 2.00 bits per heavy atom. The van der Waals surface area contributed by atoms with E-state index >= 15 is 0 Å². The van der Waals surface area contributed by atoms with Gasteiger partial charge in [-0.05, 0) is 46.0 Å². The molecule has 2 nitrogen and oxygen atoms in total. The Morgan fingerprint density at radius 2 is 1.48 bits per heavy atom. The number of fused-ring (bicyclic) bond motifs is 2. The molecule has 1 N–H and O–H groups in total. The highest BCUT2D eigenvalue weighted by molar-refractivity contribution is 6.02. The van der Waals surface area contributed by atoms with E-state index in [1.807, 2.05) is 24.3 Å². The highest BCUT2D eigenvalue weighted by Gasteiger charge is 2.10. The van der Waals surface area contributed by atoms with Crippen molar-refractivity contribution in [2.24, 2.45) is 0 Å². The number of hydrogen-bond acceptors (Lipinski definition) is 1. The molecule has 21 heavy (non-hydrogen) atoms. The van der Waals surface area contributed by atoms with Crippen molar-refractivity contribution in [1.82, 2.24) is 0 Å². The molecule has 2 heteroatoms. The van der Waals surface area contributed by atoms with Gasteiger partial charge in [-0.15, -0.1) is 0 Å². The first-order valence-corrected chi connectivity index (χ1v) is 6.97. The minimum atomic E-state index is -0.917.